The lowest BCUT2D eigenvalue weighted by molar-refractivity contribution is 0.551. The van der Waals surface area contributed by atoms with Gasteiger partial charge in [-0.2, -0.15) is 0 Å². The van der Waals surface area contributed by atoms with Crippen LogP contribution >= 0.6 is 0 Å². The molecule has 0 saturated carbocycles. The molecule has 4 nitrogen and oxygen atoms in total. The van der Waals surface area contributed by atoms with Crippen molar-refractivity contribution in [3.63, 3.8) is 0 Å². The Balaban J connectivity index is 1.12. The van der Waals surface area contributed by atoms with Gasteiger partial charge in [-0.3, -0.25) is 4.57 Å². The molecule has 49 heavy (non-hydrogen) atoms. The third-order valence-corrected chi connectivity index (χ3v) is 11.2. The molecule has 1 aromatic heterocycles. The van der Waals surface area contributed by atoms with Gasteiger partial charge in [0, 0.05) is 33.1 Å². The lowest BCUT2D eigenvalue weighted by Gasteiger charge is -2.34. The minimum absolute atomic E-state index is 0.0664. The molecule has 7 aromatic rings. The third-order valence-electron chi connectivity index (χ3n) is 11.2. The normalized spacial score (nSPS) is 20.9. The number of para-hydroxylation sites is 2. The van der Waals surface area contributed by atoms with Gasteiger partial charge in [-0.15, -0.1) is 0 Å². The number of nitrogens with zero attached hydrogens (tertiary/aromatic N) is 3. The van der Waals surface area contributed by atoms with E-state index in [0.29, 0.717) is 0 Å². The van der Waals surface area contributed by atoms with Gasteiger partial charge in [-0.05, 0) is 77.2 Å². The SMILES string of the molecule is CC12C=CC=CC1N(c1ccccc1)c1ccc(-c3ccc4c5ccccc5n5c4c3C3Nc4ccc(-c6ccccc6)cc4N=C35)cc12. The molecule has 3 aliphatic heterocycles. The van der Waals surface area contributed by atoms with Gasteiger partial charge in [0.25, 0.3) is 0 Å². The van der Waals surface area contributed by atoms with Crippen molar-refractivity contribution in [2.75, 3.05) is 10.2 Å². The Kier molecular flexibility index (Phi) is 5.33. The van der Waals surface area contributed by atoms with E-state index in [9.17, 15) is 0 Å². The van der Waals surface area contributed by atoms with Crippen LogP contribution in [0.4, 0.5) is 22.7 Å². The number of benzene rings is 6. The highest BCUT2D eigenvalue weighted by Gasteiger charge is 2.47. The molecule has 232 valence electrons. The summed E-state index contributed by atoms with van der Waals surface area (Å²) in [4.78, 5) is 7.96. The second-order valence-electron chi connectivity index (χ2n) is 13.8. The van der Waals surface area contributed by atoms with Crippen LogP contribution in [0.3, 0.4) is 0 Å². The van der Waals surface area contributed by atoms with Crippen LogP contribution in [0.15, 0.2) is 163 Å². The van der Waals surface area contributed by atoms with Crippen molar-refractivity contribution in [2.24, 2.45) is 4.99 Å². The zero-order chi connectivity index (χ0) is 32.3. The second kappa shape index (κ2) is 9.71. The average Bonchev–Trinajstić information content (AvgIpc) is 3.76. The summed E-state index contributed by atoms with van der Waals surface area (Å²) in [6.07, 6.45) is 9.14. The summed E-state index contributed by atoms with van der Waals surface area (Å²) >= 11 is 0. The molecule has 11 rings (SSSR count). The van der Waals surface area contributed by atoms with Crippen LogP contribution in [0, 0.1) is 0 Å². The van der Waals surface area contributed by atoms with Crippen molar-refractivity contribution in [3.05, 3.63) is 169 Å². The fraction of sp³-hybridized carbons (Fsp3) is 0.0889. The maximum absolute atomic E-state index is 5.45. The number of rotatable bonds is 3. The first-order chi connectivity index (χ1) is 24.2. The fourth-order valence-corrected chi connectivity index (χ4v) is 8.92. The number of nitrogens with one attached hydrogen (secondary N) is 1. The highest BCUT2D eigenvalue weighted by atomic mass is 15.2. The number of hydrogen-bond acceptors (Lipinski definition) is 3. The standard InChI is InChI=1S/C45H32N4/c1-45-25-11-10-18-40(45)48(31-14-6-3-7-15-31)39-24-20-30(26-35(39)45)32-21-22-34-33-16-8-9-17-38(33)49-43(34)41(32)42-44(49)47-37-27-29(19-23-36(37)46-42)28-12-4-2-5-13-28/h2-27,40,42,46H,1H3. The van der Waals surface area contributed by atoms with Gasteiger partial charge in [-0.1, -0.05) is 115 Å². The van der Waals surface area contributed by atoms with Crippen molar-refractivity contribution >= 4 is 50.4 Å². The van der Waals surface area contributed by atoms with Gasteiger partial charge in [0.2, 0.25) is 0 Å². The Hall–Kier alpha value is -6.13. The summed E-state index contributed by atoms with van der Waals surface area (Å²) in [6.45, 7) is 2.39. The number of aromatic nitrogens is 1. The number of hydrogen-bond donors (Lipinski definition) is 1. The molecule has 1 aliphatic carbocycles. The Morgan fingerprint density at radius 2 is 1.49 bits per heavy atom. The lowest BCUT2D eigenvalue weighted by Crippen LogP contribution is -2.39. The van der Waals surface area contributed by atoms with E-state index in [4.69, 9.17) is 4.99 Å². The number of anilines is 3. The van der Waals surface area contributed by atoms with Gasteiger partial charge in [-0.25, -0.2) is 4.99 Å². The van der Waals surface area contributed by atoms with Crippen molar-refractivity contribution in [2.45, 2.75) is 24.4 Å². The Morgan fingerprint density at radius 1 is 0.694 bits per heavy atom. The smallest absolute Gasteiger partial charge is 0.141 e. The van der Waals surface area contributed by atoms with E-state index in [-0.39, 0.29) is 17.5 Å². The molecule has 0 amide bonds. The number of aliphatic imine (C=N–C) groups is 1. The van der Waals surface area contributed by atoms with Gasteiger partial charge in [0.05, 0.1) is 28.5 Å². The van der Waals surface area contributed by atoms with E-state index in [1.54, 1.807) is 0 Å². The molecule has 6 aromatic carbocycles. The summed E-state index contributed by atoms with van der Waals surface area (Å²) in [5, 5.41) is 6.49. The molecule has 0 fully saturated rings. The average molecular weight is 629 g/mol. The third kappa shape index (κ3) is 3.61. The predicted octanol–water partition coefficient (Wildman–Crippen LogP) is 11.1. The van der Waals surface area contributed by atoms with Crippen LogP contribution in [0.1, 0.15) is 24.1 Å². The van der Waals surface area contributed by atoms with E-state index in [1.807, 2.05) is 0 Å². The molecule has 0 spiro atoms. The molecular weight excluding hydrogens is 597 g/mol. The highest BCUT2D eigenvalue weighted by Crippen LogP contribution is 2.54. The van der Waals surface area contributed by atoms with Crippen molar-refractivity contribution in [3.8, 4) is 22.3 Å². The molecule has 0 saturated heterocycles. The van der Waals surface area contributed by atoms with Gasteiger partial charge < -0.3 is 10.2 Å². The highest BCUT2D eigenvalue weighted by molar-refractivity contribution is 6.23. The lowest BCUT2D eigenvalue weighted by atomic mass is 9.75. The van der Waals surface area contributed by atoms with Crippen molar-refractivity contribution in [1.29, 1.82) is 0 Å². The van der Waals surface area contributed by atoms with Gasteiger partial charge >= 0.3 is 0 Å². The van der Waals surface area contributed by atoms with E-state index in [2.05, 4.69) is 179 Å². The van der Waals surface area contributed by atoms with E-state index in [1.165, 1.54) is 66.6 Å². The minimum Gasteiger partial charge on any atom is -0.370 e. The quantitative estimate of drug-likeness (QED) is 0.211. The van der Waals surface area contributed by atoms with Crippen LogP contribution < -0.4 is 10.2 Å². The molecule has 4 heterocycles. The monoisotopic (exact) mass is 628 g/mol. The largest absolute Gasteiger partial charge is 0.370 e. The van der Waals surface area contributed by atoms with Gasteiger partial charge in [0.1, 0.15) is 11.9 Å². The van der Waals surface area contributed by atoms with Crippen LogP contribution in [0.2, 0.25) is 0 Å². The molecule has 1 N–H and O–H groups in total. The van der Waals surface area contributed by atoms with Crippen LogP contribution in [-0.2, 0) is 5.41 Å². The summed E-state index contributed by atoms with van der Waals surface area (Å²) in [6, 6.07) is 48.7. The van der Waals surface area contributed by atoms with E-state index >= 15 is 0 Å². The fourth-order valence-electron chi connectivity index (χ4n) is 8.92. The molecule has 4 heteroatoms. The molecule has 0 radical (unpaired) electrons. The van der Waals surface area contributed by atoms with Crippen molar-refractivity contribution < 1.29 is 0 Å². The number of allylic oxidation sites excluding steroid dienone is 2. The topological polar surface area (TPSA) is 32.6 Å². The molecule has 0 bridgehead atoms. The molecule has 3 atom stereocenters. The maximum Gasteiger partial charge on any atom is 0.141 e. The first-order valence-electron chi connectivity index (χ1n) is 17.1. The Bertz CT molecular complexity index is 2610. The molecular formula is C45H32N4. The van der Waals surface area contributed by atoms with E-state index in [0.717, 1.165) is 17.2 Å². The molecule has 4 aliphatic rings. The Morgan fingerprint density at radius 3 is 2.37 bits per heavy atom. The summed E-state index contributed by atoms with van der Waals surface area (Å²) in [7, 11) is 0. The second-order valence-corrected chi connectivity index (χ2v) is 13.8. The number of fused-ring (bicyclic) bond motifs is 10. The summed E-state index contributed by atoms with van der Waals surface area (Å²) in [5.41, 5.74) is 14.3. The van der Waals surface area contributed by atoms with Crippen molar-refractivity contribution in [1.82, 2.24) is 4.57 Å². The summed E-state index contributed by atoms with van der Waals surface area (Å²) < 4.78 is 2.41. The first-order valence-corrected chi connectivity index (χ1v) is 17.1. The molecule has 3 unspecified atom stereocenters. The zero-order valence-corrected chi connectivity index (χ0v) is 27.0. The first kappa shape index (κ1) is 26.9. The minimum atomic E-state index is -0.152. The van der Waals surface area contributed by atoms with Crippen LogP contribution in [-0.4, -0.2) is 16.4 Å². The van der Waals surface area contributed by atoms with Gasteiger partial charge in [0.15, 0.2) is 0 Å². The predicted molar refractivity (Wildman–Crippen MR) is 204 cm³/mol. The summed E-state index contributed by atoms with van der Waals surface area (Å²) in [5.74, 6) is 1.04. The maximum atomic E-state index is 5.45. The zero-order valence-electron chi connectivity index (χ0n) is 27.0. The van der Waals surface area contributed by atoms with E-state index < -0.39 is 0 Å². The Labute approximate surface area is 285 Å². The van der Waals surface area contributed by atoms with Crippen LogP contribution in [0.5, 0.6) is 0 Å². The van der Waals surface area contributed by atoms with Crippen LogP contribution in [0.25, 0.3) is 44.1 Å².